The van der Waals surface area contributed by atoms with Crippen molar-refractivity contribution in [3.8, 4) is 0 Å². The Bertz CT molecular complexity index is 652. The van der Waals surface area contributed by atoms with Crippen molar-refractivity contribution in [2.75, 3.05) is 30.9 Å². The van der Waals surface area contributed by atoms with Crippen LogP contribution in [-0.2, 0) is 13.1 Å². The van der Waals surface area contributed by atoms with Gasteiger partial charge in [-0.15, -0.1) is 0 Å². The quantitative estimate of drug-likeness (QED) is 0.858. The Morgan fingerprint density at radius 3 is 2.68 bits per heavy atom. The lowest BCUT2D eigenvalue weighted by atomic mass is 10.2. The van der Waals surface area contributed by atoms with Crippen LogP contribution in [0.1, 0.15) is 17.0 Å². The summed E-state index contributed by atoms with van der Waals surface area (Å²) in [6.45, 7) is 5.30. The summed E-state index contributed by atoms with van der Waals surface area (Å²) in [7, 11) is 3.95. The number of hydrogen-bond acceptors (Lipinski definition) is 4. The number of anilines is 2. The Hall–Kier alpha value is -1.72. The molecule has 1 aromatic carbocycles. The van der Waals surface area contributed by atoms with E-state index in [0.717, 1.165) is 33.3 Å². The highest BCUT2D eigenvalue weighted by Crippen LogP contribution is 2.33. The summed E-state index contributed by atoms with van der Waals surface area (Å²) in [6.07, 6.45) is 0. The molecular weight excluding hydrogens is 300 g/mol. The molecule has 0 saturated heterocycles. The van der Waals surface area contributed by atoms with Gasteiger partial charge in [-0.3, -0.25) is 4.68 Å². The second kappa shape index (κ2) is 7.03. The van der Waals surface area contributed by atoms with Crippen LogP contribution in [0.2, 0.25) is 5.02 Å². The van der Waals surface area contributed by atoms with Crippen LogP contribution in [0, 0.1) is 13.8 Å². The van der Waals surface area contributed by atoms with Gasteiger partial charge in [0.25, 0.3) is 0 Å². The van der Waals surface area contributed by atoms with Crippen LogP contribution in [0.15, 0.2) is 18.2 Å². The van der Waals surface area contributed by atoms with Crippen LogP contribution < -0.4 is 10.2 Å². The molecule has 0 saturated carbocycles. The van der Waals surface area contributed by atoms with Crippen molar-refractivity contribution in [1.29, 1.82) is 0 Å². The number of nitrogens with one attached hydrogen (secondary N) is 1. The smallest absolute Gasteiger partial charge is 0.0786 e. The number of para-hydroxylation sites is 1. The molecule has 2 N–H and O–H groups in total. The third-order valence-electron chi connectivity index (χ3n) is 3.73. The Morgan fingerprint density at radius 2 is 2.05 bits per heavy atom. The van der Waals surface area contributed by atoms with Gasteiger partial charge >= 0.3 is 0 Å². The second-order valence-corrected chi connectivity index (χ2v) is 5.89. The number of halogens is 1. The molecule has 0 fully saturated rings. The summed E-state index contributed by atoms with van der Waals surface area (Å²) in [5.74, 6) is 0. The van der Waals surface area contributed by atoms with E-state index in [-0.39, 0.29) is 6.61 Å². The molecule has 6 heteroatoms. The molecule has 1 heterocycles. The molecule has 2 aromatic rings. The highest BCUT2D eigenvalue weighted by molar-refractivity contribution is 6.34. The van der Waals surface area contributed by atoms with E-state index in [1.54, 1.807) is 0 Å². The van der Waals surface area contributed by atoms with Gasteiger partial charge in [-0.05, 0) is 26.0 Å². The highest BCUT2D eigenvalue weighted by atomic mass is 35.5. The van der Waals surface area contributed by atoms with Crippen LogP contribution in [0.25, 0.3) is 0 Å². The number of aliphatic hydroxyl groups is 1. The molecule has 5 nitrogen and oxygen atoms in total. The van der Waals surface area contributed by atoms with Crippen molar-refractivity contribution < 1.29 is 5.11 Å². The summed E-state index contributed by atoms with van der Waals surface area (Å²) >= 11 is 6.29. The van der Waals surface area contributed by atoms with Crippen LogP contribution in [0.3, 0.4) is 0 Å². The van der Waals surface area contributed by atoms with Gasteiger partial charge in [-0.1, -0.05) is 17.7 Å². The molecule has 0 unspecified atom stereocenters. The van der Waals surface area contributed by atoms with Crippen LogP contribution in [-0.4, -0.2) is 35.6 Å². The van der Waals surface area contributed by atoms with Gasteiger partial charge < -0.3 is 15.3 Å². The Kier molecular flexibility index (Phi) is 5.32. The third-order valence-corrected chi connectivity index (χ3v) is 4.04. The normalized spacial score (nSPS) is 10.8. The van der Waals surface area contributed by atoms with Gasteiger partial charge in [0.2, 0.25) is 0 Å². The minimum absolute atomic E-state index is 0.0912. The van der Waals surface area contributed by atoms with Crippen molar-refractivity contribution in [2.24, 2.45) is 0 Å². The van der Waals surface area contributed by atoms with E-state index in [1.807, 2.05) is 55.7 Å². The molecule has 0 amide bonds. The molecule has 0 aliphatic carbocycles. The Morgan fingerprint density at radius 1 is 1.32 bits per heavy atom. The molecule has 0 spiro atoms. The minimum atomic E-state index is 0.0912. The molecule has 0 bridgehead atoms. The maximum absolute atomic E-state index is 9.08. The monoisotopic (exact) mass is 322 g/mol. The summed E-state index contributed by atoms with van der Waals surface area (Å²) < 4.78 is 1.84. The van der Waals surface area contributed by atoms with E-state index >= 15 is 0 Å². The van der Waals surface area contributed by atoms with Gasteiger partial charge in [-0.25, -0.2) is 0 Å². The van der Waals surface area contributed by atoms with Crippen molar-refractivity contribution in [3.63, 3.8) is 0 Å². The van der Waals surface area contributed by atoms with E-state index in [4.69, 9.17) is 16.7 Å². The van der Waals surface area contributed by atoms with Crippen molar-refractivity contribution in [1.82, 2.24) is 9.78 Å². The van der Waals surface area contributed by atoms with E-state index < -0.39 is 0 Å². The van der Waals surface area contributed by atoms with Gasteiger partial charge in [0.15, 0.2) is 0 Å². The number of aryl methyl sites for hydroxylation is 1. The molecule has 2 rings (SSSR count). The lowest BCUT2D eigenvalue weighted by molar-refractivity contribution is 0.268. The van der Waals surface area contributed by atoms with Crippen LogP contribution >= 0.6 is 11.6 Å². The second-order valence-electron chi connectivity index (χ2n) is 5.48. The molecule has 0 radical (unpaired) electrons. The molecule has 0 aliphatic rings. The molecule has 120 valence electrons. The van der Waals surface area contributed by atoms with E-state index in [9.17, 15) is 0 Å². The zero-order valence-corrected chi connectivity index (χ0v) is 14.3. The van der Waals surface area contributed by atoms with Crippen molar-refractivity contribution >= 4 is 23.0 Å². The number of aliphatic hydroxyl groups excluding tert-OH is 1. The fourth-order valence-electron chi connectivity index (χ4n) is 2.60. The van der Waals surface area contributed by atoms with Gasteiger partial charge in [0.1, 0.15) is 0 Å². The van der Waals surface area contributed by atoms with E-state index in [0.29, 0.717) is 13.1 Å². The maximum Gasteiger partial charge on any atom is 0.0786 e. The first-order valence-electron chi connectivity index (χ1n) is 7.29. The van der Waals surface area contributed by atoms with Gasteiger partial charge in [0, 0.05) is 31.9 Å². The van der Waals surface area contributed by atoms with Gasteiger partial charge in [-0.2, -0.15) is 5.10 Å². The van der Waals surface area contributed by atoms with Crippen LogP contribution in [0.5, 0.6) is 0 Å². The van der Waals surface area contributed by atoms with Crippen molar-refractivity contribution in [3.05, 3.63) is 40.2 Å². The molecule has 22 heavy (non-hydrogen) atoms. The number of aromatic nitrogens is 2. The lowest BCUT2D eigenvalue weighted by Gasteiger charge is -2.20. The molecule has 0 atom stereocenters. The zero-order valence-electron chi connectivity index (χ0n) is 13.5. The van der Waals surface area contributed by atoms with E-state index in [1.165, 1.54) is 0 Å². The SMILES string of the molecule is Cc1nn(CCO)c(C)c1CNc1cccc(Cl)c1N(C)C. The average molecular weight is 323 g/mol. The van der Waals surface area contributed by atoms with Crippen molar-refractivity contribution in [2.45, 2.75) is 26.9 Å². The predicted octanol–water partition coefficient (Wildman–Crippen LogP) is 2.82. The topological polar surface area (TPSA) is 53.3 Å². The number of rotatable bonds is 6. The fourth-order valence-corrected chi connectivity index (χ4v) is 2.94. The number of nitrogens with zero attached hydrogens (tertiary/aromatic N) is 3. The summed E-state index contributed by atoms with van der Waals surface area (Å²) in [4.78, 5) is 2.00. The number of hydrogen-bond donors (Lipinski definition) is 2. The minimum Gasteiger partial charge on any atom is -0.394 e. The van der Waals surface area contributed by atoms with E-state index in [2.05, 4.69) is 10.4 Å². The first kappa shape index (κ1) is 16.6. The largest absolute Gasteiger partial charge is 0.394 e. The number of benzene rings is 1. The standard InChI is InChI=1S/C16H23ClN4O/c1-11-13(12(2)21(19-11)8-9-22)10-18-15-7-5-6-14(17)16(15)20(3)4/h5-7,18,22H,8-10H2,1-4H3. The van der Waals surface area contributed by atoms with Crippen LogP contribution in [0.4, 0.5) is 11.4 Å². The molecular formula is C16H23ClN4O. The Balaban J connectivity index is 2.23. The fraction of sp³-hybridized carbons (Fsp3) is 0.438. The third kappa shape index (κ3) is 3.36. The lowest BCUT2D eigenvalue weighted by Crippen LogP contribution is -2.13. The van der Waals surface area contributed by atoms with Gasteiger partial charge in [0.05, 0.1) is 35.2 Å². The first-order valence-corrected chi connectivity index (χ1v) is 7.67. The molecule has 1 aromatic heterocycles. The zero-order chi connectivity index (χ0) is 16.3. The molecule has 0 aliphatic heterocycles. The Labute approximate surface area is 136 Å². The predicted molar refractivity (Wildman–Crippen MR) is 91.9 cm³/mol. The maximum atomic E-state index is 9.08. The summed E-state index contributed by atoms with van der Waals surface area (Å²) in [5, 5.41) is 17.7. The summed E-state index contributed by atoms with van der Waals surface area (Å²) in [5.41, 5.74) is 5.17. The highest BCUT2D eigenvalue weighted by Gasteiger charge is 2.13. The first-order chi connectivity index (χ1) is 10.5. The average Bonchev–Trinajstić information content (AvgIpc) is 2.71. The summed E-state index contributed by atoms with van der Waals surface area (Å²) in [6, 6.07) is 5.84.